The lowest BCUT2D eigenvalue weighted by atomic mass is 9.80. The molecule has 5 nitrogen and oxygen atoms in total. The van der Waals surface area contributed by atoms with Gasteiger partial charge >= 0.3 is 0 Å². The molecule has 4 aliphatic rings. The second kappa shape index (κ2) is 7.28. The molecule has 3 heterocycles. The molecule has 5 heteroatoms. The highest BCUT2D eigenvalue weighted by Crippen LogP contribution is 2.32. The van der Waals surface area contributed by atoms with Crippen LogP contribution in [0.4, 0.5) is 0 Å². The van der Waals surface area contributed by atoms with Gasteiger partial charge in [-0.1, -0.05) is 6.92 Å². The van der Waals surface area contributed by atoms with Crippen LogP contribution in [-0.2, 0) is 14.3 Å². The molecule has 126 valence electrons. The molecule has 3 unspecified atom stereocenters. The number of rotatable bonds is 0. The van der Waals surface area contributed by atoms with E-state index in [0.29, 0.717) is 31.6 Å². The Morgan fingerprint density at radius 3 is 2.68 bits per heavy atom. The van der Waals surface area contributed by atoms with E-state index in [1.165, 1.54) is 12.8 Å². The SMILES string of the molecule is CC1COCC(=O)N2CCCC(O)C2COC2CCC1CC2. The second-order valence-corrected chi connectivity index (χ2v) is 7.23. The largest absolute Gasteiger partial charge is 0.391 e. The predicted molar refractivity (Wildman–Crippen MR) is 82.4 cm³/mol. The summed E-state index contributed by atoms with van der Waals surface area (Å²) in [7, 11) is 0. The van der Waals surface area contributed by atoms with Crippen molar-refractivity contribution in [2.45, 2.75) is 63.7 Å². The van der Waals surface area contributed by atoms with Crippen molar-refractivity contribution in [2.24, 2.45) is 11.8 Å². The maximum absolute atomic E-state index is 12.4. The summed E-state index contributed by atoms with van der Waals surface area (Å²) in [5.74, 6) is 1.17. The Bertz CT molecular complexity index is 381. The van der Waals surface area contributed by atoms with Crippen molar-refractivity contribution in [2.75, 3.05) is 26.4 Å². The Morgan fingerprint density at radius 1 is 1.14 bits per heavy atom. The first-order chi connectivity index (χ1) is 10.6. The first kappa shape index (κ1) is 16.2. The van der Waals surface area contributed by atoms with Crippen LogP contribution in [0, 0.1) is 11.8 Å². The fourth-order valence-electron chi connectivity index (χ4n) is 4.16. The normalized spacial score (nSPS) is 41.3. The van der Waals surface area contributed by atoms with Crippen LogP contribution in [0.2, 0.25) is 0 Å². The molecule has 0 spiro atoms. The van der Waals surface area contributed by atoms with Gasteiger partial charge in [0, 0.05) is 6.54 Å². The van der Waals surface area contributed by atoms with Crippen molar-refractivity contribution in [3.63, 3.8) is 0 Å². The van der Waals surface area contributed by atoms with Crippen LogP contribution >= 0.6 is 0 Å². The Balaban J connectivity index is 1.71. The minimum atomic E-state index is -0.474. The lowest BCUT2D eigenvalue weighted by Gasteiger charge is -2.39. The maximum Gasteiger partial charge on any atom is 0.248 e. The summed E-state index contributed by atoms with van der Waals surface area (Å²) >= 11 is 0. The van der Waals surface area contributed by atoms with Crippen molar-refractivity contribution in [3.8, 4) is 0 Å². The monoisotopic (exact) mass is 311 g/mol. The first-order valence-electron chi connectivity index (χ1n) is 8.82. The van der Waals surface area contributed by atoms with E-state index in [4.69, 9.17) is 9.47 Å². The van der Waals surface area contributed by atoms with Crippen LogP contribution < -0.4 is 0 Å². The second-order valence-electron chi connectivity index (χ2n) is 7.23. The minimum absolute atomic E-state index is 0.00820. The summed E-state index contributed by atoms with van der Waals surface area (Å²) < 4.78 is 11.8. The minimum Gasteiger partial charge on any atom is -0.391 e. The lowest BCUT2D eigenvalue weighted by molar-refractivity contribution is -0.147. The number of nitrogens with zero attached hydrogens (tertiary/aromatic N) is 1. The Morgan fingerprint density at radius 2 is 1.91 bits per heavy atom. The quantitative estimate of drug-likeness (QED) is 0.738. The van der Waals surface area contributed by atoms with Gasteiger partial charge in [0.15, 0.2) is 0 Å². The van der Waals surface area contributed by atoms with E-state index in [1.807, 2.05) is 0 Å². The molecule has 3 atom stereocenters. The number of carbonyl (C=O) groups excluding carboxylic acids is 1. The van der Waals surface area contributed by atoms with Gasteiger partial charge in [0.25, 0.3) is 0 Å². The van der Waals surface area contributed by atoms with E-state index in [1.54, 1.807) is 4.90 Å². The van der Waals surface area contributed by atoms with Gasteiger partial charge in [-0.05, 0) is 50.4 Å². The van der Waals surface area contributed by atoms with Crippen LogP contribution in [0.15, 0.2) is 0 Å². The smallest absolute Gasteiger partial charge is 0.248 e. The number of amides is 1. The zero-order valence-electron chi connectivity index (χ0n) is 13.6. The van der Waals surface area contributed by atoms with Crippen molar-refractivity contribution in [1.82, 2.24) is 4.90 Å². The predicted octanol–water partition coefficient (Wildman–Crippen LogP) is 1.58. The molecular formula is C17H29NO4. The molecule has 3 saturated heterocycles. The van der Waals surface area contributed by atoms with Crippen LogP contribution in [-0.4, -0.2) is 60.5 Å². The lowest BCUT2D eigenvalue weighted by Crippen LogP contribution is -2.54. The molecule has 4 rings (SSSR count). The first-order valence-corrected chi connectivity index (χ1v) is 8.82. The molecule has 2 bridgehead atoms. The molecule has 22 heavy (non-hydrogen) atoms. The summed E-state index contributed by atoms with van der Waals surface area (Å²) in [4.78, 5) is 14.2. The number of ether oxygens (including phenoxy) is 2. The van der Waals surface area contributed by atoms with Crippen molar-refractivity contribution in [3.05, 3.63) is 0 Å². The van der Waals surface area contributed by atoms with Gasteiger partial charge in [-0.15, -0.1) is 0 Å². The number of hydrogen-bond acceptors (Lipinski definition) is 4. The molecule has 1 amide bonds. The van der Waals surface area contributed by atoms with Crippen LogP contribution in [0.1, 0.15) is 45.4 Å². The number of aliphatic hydroxyl groups is 1. The van der Waals surface area contributed by atoms with Crippen molar-refractivity contribution in [1.29, 1.82) is 0 Å². The van der Waals surface area contributed by atoms with Crippen LogP contribution in [0.3, 0.4) is 0 Å². The number of hydrogen-bond donors (Lipinski definition) is 1. The van der Waals surface area contributed by atoms with Crippen LogP contribution in [0.5, 0.6) is 0 Å². The Kier molecular flexibility index (Phi) is 5.37. The van der Waals surface area contributed by atoms with E-state index in [-0.39, 0.29) is 24.7 Å². The molecule has 4 fully saturated rings. The average molecular weight is 311 g/mol. The number of fused-ring (bicyclic) bond motifs is 7. The molecule has 0 aromatic carbocycles. The van der Waals surface area contributed by atoms with Gasteiger partial charge in [-0.3, -0.25) is 4.79 Å². The molecule has 0 aromatic heterocycles. The fraction of sp³-hybridized carbons (Fsp3) is 0.941. The third kappa shape index (κ3) is 3.63. The van der Waals surface area contributed by atoms with Gasteiger partial charge in [-0.25, -0.2) is 0 Å². The number of aliphatic hydroxyl groups excluding tert-OH is 1. The summed E-state index contributed by atoms with van der Waals surface area (Å²) in [6.07, 6.45) is 5.96. The summed E-state index contributed by atoms with van der Waals surface area (Å²) in [6.45, 7) is 4.17. The zero-order chi connectivity index (χ0) is 15.5. The van der Waals surface area contributed by atoms with Gasteiger partial charge < -0.3 is 19.5 Å². The standard InChI is InChI=1S/C17H29NO4/c1-12-9-21-11-17(20)18-8-2-3-16(19)15(18)10-22-14-6-4-13(12)5-7-14/h12-16,19H,2-11H2,1H3. The van der Waals surface area contributed by atoms with Gasteiger partial charge in [0.1, 0.15) is 6.61 Å². The third-order valence-corrected chi connectivity index (χ3v) is 5.70. The molecule has 0 aromatic rings. The molecule has 1 saturated carbocycles. The molecule has 3 aliphatic heterocycles. The van der Waals surface area contributed by atoms with Crippen molar-refractivity contribution < 1.29 is 19.4 Å². The third-order valence-electron chi connectivity index (χ3n) is 5.70. The zero-order valence-corrected chi connectivity index (χ0v) is 13.6. The fourth-order valence-corrected chi connectivity index (χ4v) is 4.16. The molecule has 1 aliphatic carbocycles. The van der Waals surface area contributed by atoms with Gasteiger partial charge in [0.05, 0.1) is 31.5 Å². The maximum atomic E-state index is 12.4. The van der Waals surface area contributed by atoms with Gasteiger partial charge in [-0.2, -0.15) is 0 Å². The topological polar surface area (TPSA) is 59.0 Å². The molecular weight excluding hydrogens is 282 g/mol. The van der Waals surface area contributed by atoms with Crippen molar-refractivity contribution >= 4 is 5.91 Å². The number of carbonyl (C=O) groups is 1. The summed E-state index contributed by atoms with van der Waals surface area (Å²) in [5.41, 5.74) is 0. The van der Waals surface area contributed by atoms with E-state index >= 15 is 0 Å². The van der Waals surface area contributed by atoms with E-state index in [2.05, 4.69) is 6.92 Å². The highest BCUT2D eigenvalue weighted by molar-refractivity contribution is 5.78. The number of piperidine rings is 1. The highest BCUT2D eigenvalue weighted by Gasteiger charge is 2.35. The summed E-state index contributed by atoms with van der Waals surface area (Å²) in [5, 5.41) is 10.3. The average Bonchev–Trinajstić information content (AvgIpc) is 2.54. The van der Waals surface area contributed by atoms with E-state index in [0.717, 1.165) is 25.7 Å². The van der Waals surface area contributed by atoms with Gasteiger partial charge in [0.2, 0.25) is 5.91 Å². The Hall–Kier alpha value is -0.650. The van der Waals surface area contributed by atoms with Crippen LogP contribution in [0.25, 0.3) is 0 Å². The molecule has 0 radical (unpaired) electrons. The van der Waals surface area contributed by atoms with E-state index in [9.17, 15) is 9.90 Å². The highest BCUT2D eigenvalue weighted by atomic mass is 16.5. The molecule has 1 N–H and O–H groups in total. The summed E-state index contributed by atoms with van der Waals surface area (Å²) in [6, 6.07) is -0.208. The Labute approximate surface area is 133 Å². The van der Waals surface area contributed by atoms with E-state index < -0.39 is 6.10 Å².